The number of carbonyl (C=O) groups excluding carboxylic acids is 1. The van der Waals surface area contributed by atoms with Crippen LogP contribution in [0.2, 0.25) is 0 Å². The number of hydrogen-bond donors (Lipinski definition) is 0. The van der Waals surface area contributed by atoms with Crippen LogP contribution in [0.1, 0.15) is 0 Å². The Morgan fingerprint density at radius 2 is 1.89 bits per heavy atom. The van der Waals surface area contributed by atoms with Gasteiger partial charge in [-0.25, -0.2) is 4.79 Å². The largest absolute Gasteiger partial charge is 0.236 e. The first-order valence-electron chi connectivity index (χ1n) is 1.76. The number of halogens is 4. The summed E-state index contributed by atoms with van der Waals surface area (Å²) in [6.07, 6.45) is 1.16. The molecule has 0 N–H and O–H groups in total. The fourth-order valence-corrected chi connectivity index (χ4v) is 0.306. The molecule has 0 saturated heterocycles. The van der Waals surface area contributed by atoms with E-state index in [4.69, 9.17) is 46.4 Å². The van der Waals surface area contributed by atoms with Gasteiger partial charge >= 0.3 is 0 Å². The van der Waals surface area contributed by atoms with Gasteiger partial charge in [-0.15, -0.1) is 0 Å². The van der Waals surface area contributed by atoms with Crippen LogP contribution in [-0.2, 0) is 4.79 Å². The van der Waals surface area contributed by atoms with Crippen molar-refractivity contribution in [3.05, 3.63) is 0 Å². The number of isocyanates is 1. The molecule has 0 aliphatic heterocycles. The van der Waals surface area contributed by atoms with Gasteiger partial charge in [0.15, 0.2) is 5.50 Å². The maximum absolute atomic E-state index is 9.51. The van der Waals surface area contributed by atoms with Crippen LogP contribution in [0.25, 0.3) is 0 Å². The van der Waals surface area contributed by atoms with Gasteiger partial charge in [-0.2, -0.15) is 4.99 Å². The van der Waals surface area contributed by atoms with Gasteiger partial charge in [-0.1, -0.05) is 46.4 Å². The molecule has 0 aliphatic rings. The van der Waals surface area contributed by atoms with E-state index in [0.717, 1.165) is 6.08 Å². The predicted octanol–water partition coefficient (Wildman–Crippen LogP) is 2.26. The van der Waals surface area contributed by atoms with Gasteiger partial charge < -0.3 is 0 Å². The van der Waals surface area contributed by atoms with Gasteiger partial charge in [-0.3, -0.25) is 0 Å². The van der Waals surface area contributed by atoms with Crippen molar-refractivity contribution >= 4 is 52.5 Å². The summed E-state index contributed by atoms with van der Waals surface area (Å²) in [6, 6.07) is 0. The summed E-state index contributed by atoms with van der Waals surface area (Å²) < 4.78 is -1.74. The van der Waals surface area contributed by atoms with Gasteiger partial charge in [0.1, 0.15) is 0 Å². The molecule has 0 aromatic carbocycles. The average molecular weight is 209 g/mol. The van der Waals surface area contributed by atoms with Crippen LogP contribution < -0.4 is 0 Å². The van der Waals surface area contributed by atoms with Crippen LogP contribution in [0.3, 0.4) is 0 Å². The number of alkyl halides is 4. The van der Waals surface area contributed by atoms with E-state index in [0.29, 0.717) is 0 Å². The molecule has 0 aromatic rings. The second-order valence-corrected chi connectivity index (χ2v) is 3.88. The number of rotatable bonds is 1. The van der Waals surface area contributed by atoms with E-state index < -0.39 is 9.29 Å². The molecule has 0 amide bonds. The highest BCUT2D eigenvalue weighted by molar-refractivity contribution is 6.70. The van der Waals surface area contributed by atoms with E-state index in [2.05, 4.69) is 4.99 Å². The van der Waals surface area contributed by atoms with E-state index in [9.17, 15) is 4.79 Å². The molecular weight excluding hydrogens is 208 g/mol. The quantitative estimate of drug-likeness (QED) is 0.281. The van der Waals surface area contributed by atoms with Crippen molar-refractivity contribution in [2.75, 3.05) is 0 Å². The minimum absolute atomic E-state index is 1.16. The molecule has 0 aliphatic carbocycles. The first-order chi connectivity index (χ1) is 3.98. The second-order valence-electron chi connectivity index (χ2n) is 1.10. The van der Waals surface area contributed by atoms with E-state index in [1.54, 1.807) is 0 Å². The fraction of sp³-hybridized carbons (Fsp3) is 0.667. The Hall–Kier alpha value is 0.540. The van der Waals surface area contributed by atoms with Crippen LogP contribution in [0.4, 0.5) is 0 Å². The Kier molecular flexibility index (Phi) is 3.86. The molecule has 1 atom stereocenters. The van der Waals surface area contributed by atoms with Crippen molar-refractivity contribution in [1.82, 2.24) is 0 Å². The summed E-state index contributed by atoms with van der Waals surface area (Å²) in [5.41, 5.74) is -1.17. The Labute approximate surface area is 71.7 Å². The summed E-state index contributed by atoms with van der Waals surface area (Å²) in [5, 5.41) is 0. The molecule has 0 spiro atoms. The maximum atomic E-state index is 9.51. The smallest absolute Gasteiger partial charge is 0.211 e. The molecule has 0 saturated carbocycles. The lowest BCUT2D eigenvalue weighted by Gasteiger charge is -2.10. The third kappa shape index (κ3) is 4.01. The van der Waals surface area contributed by atoms with Crippen LogP contribution in [0.15, 0.2) is 4.99 Å². The summed E-state index contributed by atoms with van der Waals surface area (Å²) in [5.74, 6) is 0. The predicted molar refractivity (Wildman–Crippen MR) is 38.1 cm³/mol. The summed E-state index contributed by atoms with van der Waals surface area (Å²) >= 11 is 20.8. The molecule has 0 fully saturated rings. The molecule has 6 heteroatoms. The summed E-state index contributed by atoms with van der Waals surface area (Å²) in [6.45, 7) is 0. The zero-order valence-electron chi connectivity index (χ0n) is 3.94. The minimum atomic E-state index is -1.74. The molecule has 0 heterocycles. The van der Waals surface area contributed by atoms with Crippen molar-refractivity contribution in [3.8, 4) is 0 Å². The molecule has 0 rings (SSSR count). The lowest BCUT2D eigenvalue weighted by atomic mass is 10.7. The van der Waals surface area contributed by atoms with E-state index >= 15 is 0 Å². The fourth-order valence-electron chi connectivity index (χ4n) is 0.119. The van der Waals surface area contributed by atoms with Crippen LogP contribution in [-0.4, -0.2) is 15.4 Å². The normalized spacial score (nSPS) is 14.2. The Morgan fingerprint density at radius 1 is 1.44 bits per heavy atom. The maximum Gasteiger partial charge on any atom is 0.236 e. The van der Waals surface area contributed by atoms with Crippen molar-refractivity contribution in [1.29, 1.82) is 0 Å². The Morgan fingerprint density at radius 3 is 2.00 bits per heavy atom. The standard InChI is InChI=1S/C3HCl4NO/c4-2(8-1-9)3(5,6)7/h2H/t2-/m0/s1. The first-order valence-corrected chi connectivity index (χ1v) is 3.33. The second kappa shape index (κ2) is 3.65. The molecule has 0 bridgehead atoms. The zero-order valence-corrected chi connectivity index (χ0v) is 6.97. The van der Waals surface area contributed by atoms with Crippen molar-refractivity contribution in [3.63, 3.8) is 0 Å². The van der Waals surface area contributed by atoms with E-state index in [-0.39, 0.29) is 0 Å². The lowest BCUT2D eigenvalue weighted by molar-refractivity contribution is 0.562. The highest BCUT2D eigenvalue weighted by Crippen LogP contribution is 2.33. The van der Waals surface area contributed by atoms with Gasteiger partial charge in [0.05, 0.1) is 0 Å². The van der Waals surface area contributed by atoms with Crippen LogP contribution in [0.5, 0.6) is 0 Å². The number of aliphatic imine (C=N–C) groups is 1. The minimum Gasteiger partial charge on any atom is -0.211 e. The summed E-state index contributed by atoms with van der Waals surface area (Å²) in [7, 11) is 0. The van der Waals surface area contributed by atoms with Crippen molar-refractivity contribution < 1.29 is 4.79 Å². The number of hydrogen-bond acceptors (Lipinski definition) is 2. The molecule has 0 radical (unpaired) electrons. The number of nitrogens with zero attached hydrogens (tertiary/aromatic N) is 1. The van der Waals surface area contributed by atoms with Gasteiger partial charge in [0, 0.05) is 0 Å². The third-order valence-electron chi connectivity index (χ3n) is 0.436. The molecule has 0 unspecified atom stereocenters. The monoisotopic (exact) mass is 207 g/mol. The van der Waals surface area contributed by atoms with E-state index in [1.807, 2.05) is 0 Å². The summed E-state index contributed by atoms with van der Waals surface area (Å²) in [4.78, 5) is 12.5. The first kappa shape index (κ1) is 9.54. The highest BCUT2D eigenvalue weighted by atomic mass is 35.6. The third-order valence-corrected chi connectivity index (χ3v) is 1.82. The molecular formula is C3HCl4NO. The molecule has 52 valence electrons. The van der Waals surface area contributed by atoms with Crippen molar-refractivity contribution in [2.45, 2.75) is 9.29 Å². The van der Waals surface area contributed by atoms with Crippen molar-refractivity contribution in [2.24, 2.45) is 4.99 Å². The van der Waals surface area contributed by atoms with Gasteiger partial charge in [0.2, 0.25) is 9.87 Å². The Bertz CT molecular complexity index is 135. The van der Waals surface area contributed by atoms with Crippen LogP contribution >= 0.6 is 46.4 Å². The Balaban J connectivity index is 4.03. The average Bonchev–Trinajstić information content (AvgIpc) is 1.64. The zero-order chi connectivity index (χ0) is 7.49. The van der Waals surface area contributed by atoms with Gasteiger partial charge in [0.25, 0.3) is 0 Å². The highest BCUT2D eigenvalue weighted by Gasteiger charge is 2.30. The molecule has 0 aromatic heterocycles. The SMILES string of the molecule is O=C=N[C@H](Cl)C(Cl)(Cl)Cl. The topological polar surface area (TPSA) is 29.4 Å². The lowest BCUT2D eigenvalue weighted by Crippen LogP contribution is -2.16. The molecule has 9 heavy (non-hydrogen) atoms. The van der Waals surface area contributed by atoms with E-state index in [1.165, 1.54) is 0 Å². The van der Waals surface area contributed by atoms with Gasteiger partial charge in [-0.05, 0) is 0 Å². The molecule has 2 nitrogen and oxygen atoms in total. The van der Waals surface area contributed by atoms with Crippen LogP contribution in [0, 0.1) is 0 Å².